The molecule has 5 heteroatoms. The molecule has 0 fully saturated rings. The van der Waals surface area contributed by atoms with E-state index >= 15 is 0 Å². The summed E-state index contributed by atoms with van der Waals surface area (Å²) in [6, 6.07) is 2.24. The summed E-state index contributed by atoms with van der Waals surface area (Å²) in [6.07, 6.45) is 4.11. The van der Waals surface area contributed by atoms with Crippen LogP contribution in [0.15, 0.2) is 41.7 Å². The molecule has 0 aliphatic carbocycles. The van der Waals surface area contributed by atoms with Crippen LogP contribution in [-0.2, 0) is 0 Å². The number of rotatable bonds is 3. The molecule has 0 amide bonds. The molecule has 0 aromatic heterocycles. The van der Waals surface area contributed by atoms with E-state index in [9.17, 15) is 5.26 Å². The van der Waals surface area contributed by atoms with Gasteiger partial charge in [-0.05, 0) is 18.1 Å². The molecule has 5 nitrogen and oxygen atoms in total. The smallest absolute Gasteiger partial charge is 0.121 e. The number of likely N-dealkylation sites (N-methyl/N-ethyl adjacent to an activating group) is 1. The Morgan fingerprint density at radius 2 is 2.10 bits per heavy atom. The van der Waals surface area contributed by atoms with Crippen LogP contribution in [0.3, 0.4) is 0 Å². The van der Waals surface area contributed by atoms with E-state index in [2.05, 4.69) is 34.7 Å². The second-order valence-electron chi connectivity index (χ2n) is 4.90. The minimum Gasteiger partial charge on any atom is -0.374 e. The number of nitrogens with one attached hydrogen (secondary N) is 1. The third-order valence-corrected chi connectivity index (χ3v) is 3.72. The highest BCUT2D eigenvalue weighted by molar-refractivity contribution is 5.93. The second-order valence-corrected chi connectivity index (χ2v) is 4.90. The van der Waals surface area contributed by atoms with Gasteiger partial charge in [0.2, 0.25) is 0 Å². The average molecular weight is 287 g/mol. The summed E-state index contributed by atoms with van der Waals surface area (Å²) in [4.78, 5) is 2.12. The molecule has 0 bridgehead atoms. The van der Waals surface area contributed by atoms with Gasteiger partial charge < -0.3 is 10.6 Å². The van der Waals surface area contributed by atoms with E-state index in [0.29, 0.717) is 0 Å². The van der Waals surface area contributed by atoms with Gasteiger partial charge in [-0.1, -0.05) is 33.1 Å². The Morgan fingerprint density at radius 3 is 2.62 bits per heavy atom. The van der Waals surface area contributed by atoms with Crippen molar-refractivity contribution in [3.05, 3.63) is 36.6 Å². The highest BCUT2D eigenvalue weighted by Gasteiger charge is 2.36. The first-order chi connectivity index (χ1) is 10.1. The molecule has 0 aromatic carbocycles. The van der Waals surface area contributed by atoms with Gasteiger partial charge in [0.1, 0.15) is 12.1 Å². The summed E-state index contributed by atoms with van der Waals surface area (Å²) in [6.45, 7) is 12.5. The van der Waals surface area contributed by atoms with E-state index in [4.69, 9.17) is 5.73 Å². The van der Waals surface area contributed by atoms with E-state index < -0.39 is 6.17 Å². The molecule has 2 rings (SSSR count). The van der Waals surface area contributed by atoms with Crippen molar-refractivity contribution in [1.82, 2.24) is 10.3 Å². The number of nitrogens with two attached hydrogens (primary N) is 1. The van der Waals surface area contributed by atoms with Crippen molar-refractivity contribution in [2.24, 2.45) is 22.7 Å². The lowest BCUT2D eigenvalue weighted by molar-refractivity contribution is 0.355. The standard InChI is InChI=1S/C14H19N5.C2H6/c1-4-9-6-10(8-19(3)12(9)5-2)13-11(7-15)14(16)18-17-13;1-2/h4-5,10-11,14,18H,1-2,6,8,16H2,3H3;1-2H3. The fourth-order valence-electron chi connectivity index (χ4n) is 2.75. The lowest BCUT2D eigenvalue weighted by Crippen LogP contribution is -2.41. The molecular formula is C16H25N5. The van der Waals surface area contributed by atoms with Crippen LogP contribution in [0.25, 0.3) is 0 Å². The third-order valence-electron chi connectivity index (χ3n) is 3.72. The highest BCUT2D eigenvalue weighted by Crippen LogP contribution is 2.30. The van der Waals surface area contributed by atoms with Crippen molar-refractivity contribution in [2.75, 3.05) is 13.6 Å². The third kappa shape index (κ3) is 3.34. The van der Waals surface area contributed by atoms with Crippen LogP contribution in [0.1, 0.15) is 20.3 Å². The summed E-state index contributed by atoms with van der Waals surface area (Å²) in [5.74, 6) is -0.165. The van der Waals surface area contributed by atoms with Crippen molar-refractivity contribution >= 4 is 5.71 Å². The Labute approximate surface area is 127 Å². The van der Waals surface area contributed by atoms with Crippen LogP contribution < -0.4 is 11.2 Å². The van der Waals surface area contributed by atoms with E-state index in [-0.39, 0.29) is 11.8 Å². The van der Waals surface area contributed by atoms with Crippen LogP contribution in [-0.4, -0.2) is 30.4 Å². The molecule has 0 saturated heterocycles. The normalized spacial score (nSPS) is 27.9. The number of nitrogens with zero attached hydrogens (tertiary/aromatic N) is 3. The van der Waals surface area contributed by atoms with Gasteiger partial charge in [-0.2, -0.15) is 10.4 Å². The predicted octanol–water partition coefficient (Wildman–Crippen LogP) is 1.97. The predicted molar refractivity (Wildman–Crippen MR) is 87.2 cm³/mol. The first-order valence-corrected chi connectivity index (χ1v) is 7.29. The molecule has 3 unspecified atom stereocenters. The quantitative estimate of drug-likeness (QED) is 0.832. The van der Waals surface area contributed by atoms with Crippen LogP contribution in [0.5, 0.6) is 0 Å². The molecule has 2 aliphatic rings. The molecule has 3 atom stereocenters. The maximum absolute atomic E-state index is 9.21. The summed E-state index contributed by atoms with van der Waals surface area (Å²) in [5, 5.41) is 13.5. The monoisotopic (exact) mass is 287 g/mol. The van der Waals surface area contributed by atoms with Crippen LogP contribution >= 0.6 is 0 Å². The maximum atomic E-state index is 9.21. The molecular weight excluding hydrogens is 262 g/mol. The summed E-state index contributed by atoms with van der Waals surface area (Å²) >= 11 is 0. The topological polar surface area (TPSA) is 77.4 Å². The van der Waals surface area contributed by atoms with Gasteiger partial charge in [-0.15, -0.1) is 0 Å². The zero-order valence-electron chi connectivity index (χ0n) is 13.1. The second kappa shape index (κ2) is 7.65. The largest absolute Gasteiger partial charge is 0.374 e. The minimum atomic E-state index is -0.401. The zero-order chi connectivity index (χ0) is 16.0. The van der Waals surface area contributed by atoms with E-state index in [1.807, 2.05) is 33.0 Å². The zero-order valence-corrected chi connectivity index (χ0v) is 13.1. The molecule has 0 saturated carbocycles. The number of nitriles is 1. The van der Waals surface area contributed by atoms with E-state index in [0.717, 1.165) is 29.9 Å². The molecule has 2 aliphatic heterocycles. The van der Waals surface area contributed by atoms with Gasteiger partial charge in [0.25, 0.3) is 0 Å². The van der Waals surface area contributed by atoms with Crippen LogP contribution in [0.4, 0.5) is 0 Å². The van der Waals surface area contributed by atoms with Gasteiger partial charge >= 0.3 is 0 Å². The highest BCUT2D eigenvalue weighted by atomic mass is 15.4. The van der Waals surface area contributed by atoms with Gasteiger partial charge in [0, 0.05) is 25.2 Å². The van der Waals surface area contributed by atoms with Gasteiger partial charge in [0.05, 0.1) is 11.8 Å². The van der Waals surface area contributed by atoms with Gasteiger partial charge in [-0.25, -0.2) is 0 Å². The van der Waals surface area contributed by atoms with E-state index in [1.165, 1.54) is 0 Å². The SMILES string of the molecule is C=CC1=C(C=C)N(C)CC(C2=NNC(N)C2C#N)C1.CC. The van der Waals surface area contributed by atoms with Gasteiger partial charge in [0.15, 0.2) is 0 Å². The molecule has 2 heterocycles. The maximum Gasteiger partial charge on any atom is 0.121 e. The molecule has 114 valence electrons. The number of allylic oxidation sites excluding steroid dienone is 3. The first kappa shape index (κ1) is 17.0. The minimum absolute atomic E-state index is 0.187. The van der Waals surface area contributed by atoms with Crippen molar-refractivity contribution in [3.8, 4) is 6.07 Å². The lowest BCUT2D eigenvalue weighted by atomic mass is 9.84. The Balaban J connectivity index is 0.00000106. The molecule has 21 heavy (non-hydrogen) atoms. The summed E-state index contributed by atoms with van der Waals surface area (Å²) < 4.78 is 0. The van der Waals surface area contributed by atoms with Crippen LogP contribution in [0.2, 0.25) is 0 Å². The summed E-state index contributed by atoms with van der Waals surface area (Å²) in [5.41, 5.74) is 11.7. The Kier molecular flexibility index (Phi) is 6.19. The fraction of sp³-hybridized carbons (Fsp3) is 0.500. The number of hydrogen-bond donors (Lipinski definition) is 2. The van der Waals surface area contributed by atoms with Crippen molar-refractivity contribution in [2.45, 2.75) is 26.4 Å². The van der Waals surface area contributed by atoms with E-state index in [1.54, 1.807) is 0 Å². The molecule has 3 N–H and O–H groups in total. The molecule has 0 spiro atoms. The molecule has 0 aromatic rings. The first-order valence-electron chi connectivity index (χ1n) is 7.29. The van der Waals surface area contributed by atoms with Crippen LogP contribution in [0, 0.1) is 23.2 Å². The van der Waals surface area contributed by atoms with Gasteiger partial charge in [-0.3, -0.25) is 5.43 Å². The van der Waals surface area contributed by atoms with Crippen molar-refractivity contribution in [1.29, 1.82) is 5.26 Å². The number of hydrogen-bond acceptors (Lipinski definition) is 5. The Bertz CT molecular complexity index is 497. The van der Waals surface area contributed by atoms with Crippen molar-refractivity contribution < 1.29 is 0 Å². The fourth-order valence-corrected chi connectivity index (χ4v) is 2.75. The Morgan fingerprint density at radius 1 is 1.43 bits per heavy atom. The Hall–Kier alpha value is -2.06. The molecule has 0 radical (unpaired) electrons. The lowest BCUT2D eigenvalue weighted by Gasteiger charge is -2.34. The average Bonchev–Trinajstić information content (AvgIpc) is 2.89. The summed E-state index contributed by atoms with van der Waals surface area (Å²) in [7, 11) is 2.01. The van der Waals surface area contributed by atoms with Crippen molar-refractivity contribution in [3.63, 3.8) is 0 Å². The number of hydrazone groups is 1.